The van der Waals surface area contributed by atoms with Crippen LogP contribution in [0.2, 0.25) is 0 Å². The number of aryl methyl sites for hydroxylation is 2. The highest BCUT2D eigenvalue weighted by Crippen LogP contribution is 2.30. The standard InChI is InChI=1S/C17H20N4O3/c1-12-3-4-15(16(11-12)21(22)23)19-14-5-6-17(18-13(14)2)20-7-9-24-10-8-20/h3-6,11,19H,7-10H2,1-2H3. The molecule has 0 radical (unpaired) electrons. The van der Waals surface area contributed by atoms with Gasteiger partial charge in [0.15, 0.2) is 0 Å². The zero-order valence-electron chi connectivity index (χ0n) is 13.8. The lowest BCUT2D eigenvalue weighted by Gasteiger charge is -2.28. The fourth-order valence-electron chi connectivity index (χ4n) is 2.69. The second-order valence-corrected chi connectivity index (χ2v) is 5.80. The molecule has 1 N–H and O–H groups in total. The van der Waals surface area contributed by atoms with E-state index < -0.39 is 0 Å². The molecule has 1 aromatic carbocycles. The molecule has 7 heteroatoms. The van der Waals surface area contributed by atoms with Gasteiger partial charge in [-0.05, 0) is 37.6 Å². The van der Waals surface area contributed by atoms with Crippen LogP contribution in [0.4, 0.5) is 22.9 Å². The fourth-order valence-corrected chi connectivity index (χ4v) is 2.69. The van der Waals surface area contributed by atoms with Crippen molar-refractivity contribution in [3.8, 4) is 0 Å². The highest BCUT2D eigenvalue weighted by molar-refractivity contribution is 5.71. The van der Waals surface area contributed by atoms with E-state index in [1.807, 2.05) is 32.0 Å². The van der Waals surface area contributed by atoms with E-state index in [1.54, 1.807) is 12.1 Å². The summed E-state index contributed by atoms with van der Waals surface area (Å²) in [6.07, 6.45) is 0. The maximum atomic E-state index is 11.2. The van der Waals surface area contributed by atoms with Crippen LogP contribution in [0.15, 0.2) is 30.3 Å². The summed E-state index contributed by atoms with van der Waals surface area (Å²) in [6, 6.07) is 8.98. The molecule has 3 rings (SSSR count). The van der Waals surface area contributed by atoms with E-state index in [4.69, 9.17) is 4.74 Å². The first kappa shape index (κ1) is 16.2. The van der Waals surface area contributed by atoms with Crippen LogP contribution >= 0.6 is 0 Å². The average molecular weight is 328 g/mol. The average Bonchev–Trinajstić information content (AvgIpc) is 2.58. The second kappa shape index (κ2) is 6.84. The highest BCUT2D eigenvalue weighted by atomic mass is 16.6. The van der Waals surface area contributed by atoms with Gasteiger partial charge in [-0.2, -0.15) is 0 Å². The summed E-state index contributed by atoms with van der Waals surface area (Å²) in [7, 11) is 0. The van der Waals surface area contributed by atoms with Crippen molar-refractivity contribution in [1.29, 1.82) is 0 Å². The molecule has 24 heavy (non-hydrogen) atoms. The molecule has 1 aromatic heterocycles. The number of anilines is 3. The zero-order chi connectivity index (χ0) is 17.1. The highest BCUT2D eigenvalue weighted by Gasteiger charge is 2.16. The van der Waals surface area contributed by atoms with Crippen LogP contribution in [-0.2, 0) is 4.74 Å². The van der Waals surface area contributed by atoms with Gasteiger partial charge in [0, 0.05) is 19.2 Å². The van der Waals surface area contributed by atoms with Crippen LogP contribution in [0.5, 0.6) is 0 Å². The lowest BCUT2D eigenvalue weighted by Crippen LogP contribution is -2.36. The molecule has 0 unspecified atom stereocenters. The van der Waals surface area contributed by atoms with Crippen molar-refractivity contribution >= 4 is 22.9 Å². The number of pyridine rings is 1. The summed E-state index contributed by atoms with van der Waals surface area (Å²) in [5.41, 5.74) is 2.94. The molecule has 0 spiro atoms. The van der Waals surface area contributed by atoms with Gasteiger partial charge in [0.2, 0.25) is 0 Å². The fraction of sp³-hybridized carbons (Fsp3) is 0.353. The predicted octanol–water partition coefficient (Wildman–Crippen LogP) is 3.19. The number of morpholine rings is 1. The number of hydrogen-bond acceptors (Lipinski definition) is 6. The Morgan fingerprint density at radius 1 is 1.17 bits per heavy atom. The van der Waals surface area contributed by atoms with Crippen molar-refractivity contribution in [2.45, 2.75) is 13.8 Å². The summed E-state index contributed by atoms with van der Waals surface area (Å²) in [4.78, 5) is 17.7. The van der Waals surface area contributed by atoms with Gasteiger partial charge in [-0.25, -0.2) is 4.98 Å². The van der Waals surface area contributed by atoms with Crippen molar-refractivity contribution in [3.63, 3.8) is 0 Å². The first-order valence-electron chi connectivity index (χ1n) is 7.87. The van der Waals surface area contributed by atoms with Crippen molar-refractivity contribution in [3.05, 3.63) is 51.7 Å². The quantitative estimate of drug-likeness (QED) is 0.686. The Morgan fingerprint density at radius 3 is 2.54 bits per heavy atom. The molecule has 7 nitrogen and oxygen atoms in total. The lowest BCUT2D eigenvalue weighted by atomic mass is 10.2. The minimum absolute atomic E-state index is 0.0617. The summed E-state index contributed by atoms with van der Waals surface area (Å²) < 4.78 is 5.35. The van der Waals surface area contributed by atoms with E-state index in [0.29, 0.717) is 18.9 Å². The number of nitrogens with zero attached hydrogens (tertiary/aromatic N) is 3. The summed E-state index contributed by atoms with van der Waals surface area (Å²) in [6.45, 7) is 6.78. The third-order valence-electron chi connectivity index (χ3n) is 4.03. The third kappa shape index (κ3) is 3.46. The van der Waals surface area contributed by atoms with E-state index in [-0.39, 0.29) is 10.6 Å². The first-order valence-corrected chi connectivity index (χ1v) is 7.87. The molecule has 1 aliphatic rings. The van der Waals surface area contributed by atoms with E-state index in [9.17, 15) is 10.1 Å². The SMILES string of the molecule is Cc1ccc(Nc2ccc(N3CCOCC3)nc2C)c([N+](=O)[O-])c1. The number of aromatic nitrogens is 1. The number of ether oxygens (including phenoxy) is 1. The molecule has 0 bridgehead atoms. The van der Waals surface area contributed by atoms with Crippen LogP contribution in [-0.4, -0.2) is 36.2 Å². The molecule has 1 fully saturated rings. The molecular formula is C17H20N4O3. The van der Waals surface area contributed by atoms with Gasteiger partial charge in [-0.15, -0.1) is 0 Å². The Morgan fingerprint density at radius 2 is 1.88 bits per heavy atom. The molecule has 0 aliphatic carbocycles. The van der Waals surface area contributed by atoms with Crippen LogP contribution < -0.4 is 10.2 Å². The van der Waals surface area contributed by atoms with E-state index >= 15 is 0 Å². The molecule has 126 valence electrons. The lowest BCUT2D eigenvalue weighted by molar-refractivity contribution is -0.384. The molecule has 2 aromatic rings. The van der Waals surface area contributed by atoms with Crippen LogP contribution in [0.25, 0.3) is 0 Å². The normalized spacial score (nSPS) is 14.5. The maximum Gasteiger partial charge on any atom is 0.292 e. The minimum atomic E-state index is -0.375. The van der Waals surface area contributed by atoms with Crippen molar-refractivity contribution < 1.29 is 9.66 Å². The Hall–Kier alpha value is -2.67. The van der Waals surface area contributed by atoms with Crippen molar-refractivity contribution in [2.24, 2.45) is 0 Å². The monoisotopic (exact) mass is 328 g/mol. The number of nitrogens with one attached hydrogen (secondary N) is 1. The Labute approximate surface area is 140 Å². The topological polar surface area (TPSA) is 80.5 Å². The molecule has 0 atom stereocenters. The second-order valence-electron chi connectivity index (χ2n) is 5.80. The van der Waals surface area contributed by atoms with Crippen molar-refractivity contribution in [1.82, 2.24) is 4.98 Å². The first-order chi connectivity index (χ1) is 11.5. The number of benzene rings is 1. The Bertz CT molecular complexity index is 757. The van der Waals surface area contributed by atoms with Gasteiger partial charge in [-0.3, -0.25) is 10.1 Å². The number of hydrogen-bond donors (Lipinski definition) is 1. The van der Waals surface area contributed by atoms with E-state index in [0.717, 1.165) is 35.9 Å². The number of nitro benzene ring substituents is 1. The molecule has 0 saturated carbocycles. The number of rotatable bonds is 4. The summed E-state index contributed by atoms with van der Waals surface area (Å²) in [5.74, 6) is 0.903. The smallest absolute Gasteiger partial charge is 0.292 e. The Kier molecular flexibility index (Phi) is 4.61. The summed E-state index contributed by atoms with van der Waals surface area (Å²) in [5, 5.41) is 14.4. The van der Waals surface area contributed by atoms with Gasteiger partial charge in [-0.1, -0.05) is 6.07 Å². The third-order valence-corrected chi connectivity index (χ3v) is 4.03. The molecular weight excluding hydrogens is 308 g/mol. The van der Waals surface area contributed by atoms with Gasteiger partial charge in [0.1, 0.15) is 11.5 Å². The minimum Gasteiger partial charge on any atom is -0.378 e. The Balaban J connectivity index is 1.84. The number of nitro groups is 1. The van der Waals surface area contributed by atoms with Crippen LogP contribution in [0.1, 0.15) is 11.3 Å². The van der Waals surface area contributed by atoms with Gasteiger partial charge in [0.25, 0.3) is 5.69 Å². The largest absolute Gasteiger partial charge is 0.378 e. The van der Waals surface area contributed by atoms with Gasteiger partial charge >= 0.3 is 0 Å². The molecule has 0 amide bonds. The molecule has 1 saturated heterocycles. The maximum absolute atomic E-state index is 11.2. The van der Waals surface area contributed by atoms with Crippen molar-refractivity contribution in [2.75, 3.05) is 36.5 Å². The van der Waals surface area contributed by atoms with E-state index in [2.05, 4.69) is 15.2 Å². The van der Waals surface area contributed by atoms with Crippen LogP contribution in [0.3, 0.4) is 0 Å². The van der Waals surface area contributed by atoms with E-state index in [1.165, 1.54) is 0 Å². The summed E-state index contributed by atoms with van der Waals surface area (Å²) >= 11 is 0. The van der Waals surface area contributed by atoms with Crippen LogP contribution in [0, 0.1) is 24.0 Å². The predicted molar refractivity (Wildman–Crippen MR) is 93.1 cm³/mol. The van der Waals surface area contributed by atoms with Gasteiger partial charge in [0.05, 0.1) is 29.5 Å². The van der Waals surface area contributed by atoms with Gasteiger partial charge < -0.3 is 15.0 Å². The molecule has 2 heterocycles. The molecule has 1 aliphatic heterocycles. The zero-order valence-corrected chi connectivity index (χ0v) is 13.8.